The Bertz CT molecular complexity index is 666. The molecule has 0 aliphatic carbocycles. The predicted molar refractivity (Wildman–Crippen MR) is 107 cm³/mol. The number of methoxy groups -OCH3 is 1. The molecular weight excluding hydrogens is 389 g/mol. The average molecular weight is 416 g/mol. The van der Waals surface area contributed by atoms with Gasteiger partial charge in [0.2, 0.25) is 5.91 Å². The smallest absolute Gasteiger partial charge is 0.337 e. The molecule has 0 saturated carbocycles. The fraction of sp³-hybridized carbons (Fsp3) is 0.579. The number of hydrogen-bond acceptors (Lipinski definition) is 5. The highest BCUT2D eigenvalue weighted by Gasteiger charge is 2.30. The van der Waals surface area contributed by atoms with Gasteiger partial charge in [-0.2, -0.15) is 0 Å². The van der Waals surface area contributed by atoms with Crippen molar-refractivity contribution >= 4 is 35.9 Å². The molecule has 1 unspecified atom stereocenters. The van der Waals surface area contributed by atoms with E-state index in [1.54, 1.807) is 18.2 Å². The first-order valence-electron chi connectivity index (χ1n) is 9.17. The fourth-order valence-corrected chi connectivity index (χ4v) is 3.90. The third-order valence-electron chi connectivity index (χ3n) is 5.14. The van der Waals surface area contributed by atoms with Crippen LogP contribution in [0.15, 0.2) is 18.2 Å². The van der Waals surface area contributed by atoms with Gasteiger partial charge in [0.05, 0.1) is 18.6 Å². The second kappa shape index (κ2) is 10.3. The number of amides is 1. The number of ether oxygens (including phenoxy) is 1. The molecule has 1 aromatic carbocycles. The van der Waals surface area contributed by atoms with Crippen molar-refractivity contribution < 1.29 is 14.3 Å². The monoisotopic (exact) mass is 415 g/mol. The topological polar surface area (TPSA) is 61.9 Å². The van der Waals surface area contributed by atoms with Crippen LogP contribution in [0.1, 0.15) is 28.8 Å². The summed E-state index contributed by atoms with van der Waals surface area (Å²) in [6, 6.07) is 5.19. The van der Waals surface area contributed by atoms with Crippen molar-refractivity contribution in [2.45, 2.75) is 19.4 Å². The van der Waals surface area contributed by atoms with E-state index in [0.29, 0.717) is 17.1 Å². The summed E-state index contributed by atoms with van der Waals surface area (Å²) >= 11 is 6.32. The van der Waals surface area contributed by atoms with Crippen LogP contribution >= 0.6 is 24.0 Å². The minimum Gasteiger partial charge on any atom is -0.465 e. The summed E-state index contributed by atoms with van der Waals surface area (Å²) in [6.07, 6.45) is 1.94. The number of piperazine rings is 1. The predicted octanol–water partition coefficient (Wildman–Crippen LogP) is 2.19. The number of benzene rings is 1. The number of nitrogens with zero attached hydrogens (tertiary/aromatic N) is 2. The molecule has 27 heavy (non-hydrogen) atoms. The number of rotatable bonds is 4. The molecule has 3 rings (SSSR count). The van der Waals surface area contributed by atoms with Crippen LogP contribution in [0.5, 0.6) is 0 Å². The Morgan fingerprint density at radius 3 is 2.70 bits per heavy atom. The maximum Gasteiger partial charge on any atom is 0.337 e. The number of carbonyl (C=O) groups is 2. The molecule has 2 fully saturated rings. The van der Waals surface area contributed by atoms with E-state index in [2.05, 4.69) is 10.2 Å². The van der Waals surface area contributed by atoms with Gasteiger partial charge in [0.25, 0.3) is 0 Å². The number of esters is 1. The van der Waals surface area contributed by atoms with Crippen LogP contribution in [0.4, 0.5) is 0 Å². The lowest BCUT2D eigenvalue weighted by Crippen LogP contribution is -2.51. The Morgan fingerprint density at radius 1 is 1.26 bits per heavy atom. The van der Waals surface area contributed by atoms with E-state index in [-0.39, 0.29) is 30.2 Å². The van der Waals surface area contributed by atoms with E-state index in [0.717, 1.165) is 57.7 Å². The Labute approximate surface area is 171 Å². The number of carbonyl (C=O) groups excluding carboxylic acids is 2. The van der Waals surface area contributed by atoms with E-state index in [1.807, 2.05) is 4.90 Å². The average Bonchev–Trinajstić information content (AvgIpc) is 2.69. The molecule has 2 heterocycles. The third-order valence-corrected chi connectivity index (χ3v) is 5.51. The van der Waals surface area contributed by atoms with Gasteiger partial charge in [-0.1, -0.05) is 11.6 Å². The quantitative estimate of drug-likeness (QED) is 0.763. The van der Waals surface area contributed by atoms with Gasteiger partial charge in [-0.05, 0) is 43.1 Å². The molecule has 0 aromatic heterocycles. The Morgan fingerprint density at radius 2 is 2.00 bits per heavy atom. The highest BCUT2D eigenvalue weighted by Crippen LogP contribution is 2.24. The third kappa shape index (κ3) is 5.57. The zero-order valence-corrected chi connectivity index (χ0v) is 17.2. The minimum absolute atomic E-state index is 0. The Balaban J connectivity index is 0.00000261. The van der Waals surface area contributed by atoms with E-state index >= 15 is 0 Å². The van der Waals surface area contributed by atoms with Gasteiger partial charge in [0, 0.05) is 44.3 Å². The van der Waals surface area contributed by atoms with Crippen LogP contribution < -0.4 is 5.32 Å². The van der Waals surface area contributed by atoms with Gasteiger partial charge >= 0.3 is 5.97 Å². The Kier molecular flexibility index (Phi) is 8.35. The highest BCUT2D eigenvalue weighted by molar-refractivity contribution is 6.31. The minimum atomic E-state index is -0.367. The highest BCUT2D eigenvalue weighted by atomic mass is 35.5. The fourth-order valence-electron chi connectivity index (χ4n) is 3.73. The molecule has 2 aliphatic rings. The molecule has 150 valence electrons. The second-order valence-electron chi connectivity index (χ2n) is 6.95. The maximum absolute atomic E-state index is 12.8. The molecule has 1 N–H and O–H groups in total. The van der Waals surface area contributed by atoms with E-state index in [9.17, 15) is 9.59 Å². The lowest BCUT2D eigenvalue weighted by Gasteiger charge is -2.36. The summed E-state index contributed by atoms with van der Waals surface area (Å²) < 4.78 is 4.79. The van der Waals surface area contributed by atoms with Gasteiger partial charge in [-0.25, -0.2) is 4.79 Å². The van der Waals surface area contributed by atoms with Crippen molar-refractivity contribution in [2.24, 2.45) is 5.92 Å². The molecule has 1 amide bonds. The lowest BCUT2D eigenvalue weighted by molar-refractivity contribution is -0.138. The first-order chi connectivity index (χ1) is 12.6. The standard InChI is InChI=1S/C19H26ClN3O3.ClH/c1-26-19(25)14-4-5-17(20)16(11-14)13-22-8-2-3-15(12-22)18(24)23-9-6-21-7-10-23;/h4-5,11,15,21H,2-3,6-10,12-13H2,1H3;1H. The molecular formula is C19H27Cl2N3O3. The largest absolute Gasteiger partial charge is 0.465 e. The molecule has 6 nitrogen and oxygen atoms in total. The molecule has 2 saturated heterocycles. The summed E-state index contributed by atoms with van der Waals surface area (Å²) in [4.78, 5) is 28.8. The van der Waals surface area contributed by atoms with Crippen molar-refractivity contribution in [1.82, 2.24) is 15.1 Å². The zero-order valence-electron chi connectivity index (χ0n) is 15.6. The molecule has 0 bridgehead atoms. The van der Waals surface area contributed by atoms with E-state index in [4.69, 9.17) is 16.3 Å². The summed E-state index contributed by atoms with van der Waals surface area (Å²) in [7, 11) is 1.37. The first-order valence-corrected chi connectivity index (χ1v) is 9.55. The summed E-state index contributed by atoms with van der Waals surface area (Å²) in [5, 5.41) is 3.92. The molecule has 1 aromatic rings. The number of hydrogen-bond donors (Lipinski definition) is 1. The Hall–Kier alpha value is -1.34. The maximum atomic E-state index is 12.8. The molecule has 8 heteroatoms. The summed E-state index contributed by atoms with van der Waals surface area (Å²) in [6.45, 7) is 5.64. The van der Waals surface area contributed by atoms with Gasteiger partial charge in [-0.15, -0.1) is 12.4 Å². The number of piperidine rings is 1. The van der Waals surface area contributed by atoms with Crippen molar-refractivity contribution in [1.29, 1.82) is 0 Å². The molecule has 2 aliphatic heterocycles. The number of likely N-dealkylation sites (tertiary alicyclic amines) is 1. The zero-order chi connectivity index (χ0) is 18.5. The van der Waals surface area contributed by atoms with Gasteiger partial charge < -0.3 is 15.0 Å². The summed E-state index contributed by atoms with van der Waals surface area (Å²) in [5.74, 6) is -0.0525. The van der Waals surface area contributed by atoms with Crippen molar-refractivity contribution in [3.8, 4) is 0 Å². The van der Waals surface area contributed by atoms with Crippen LogP contribution in [-0.4, -0.2) is 68.1 Å². The number of nitrogens with one attached hydrogen (secondary N) is 1. The van der Waals surface area contributed by atoms with Crippen LogP contribution in [0.2, 0.25) is 5.02 Å². The lowest BCUT2D eigenvalue weighted by atomic mass is 9.95. The SMILES string of the molecule is COC(=O)c1ccc(Cl)c(CN2CCCC(C(=O)N3CCNCC3)C2)c1.Cl. The molecule has 0 radical (unpaired) electrons. The second-order valence-corrected chi connectivity index (χ2v) is 7.35. The van der Waals surface area contributed by atoms with Crippen LogP contribution in [-0.2, 0) is 16.1 Å². The van der Waals surface area contributed by atoms with E-state index in [1.165, 1.54) is 7.11 Å². The number of halogens is 2. The van der Waals surface area contributed by atoms with Crippen molar-refractivity contribution in [3.63, 3.8) is 0 Å². The van der Waals surface area contributed by atoms with Crippen LogP contribution in [0, 0.1) is 5.92 Å². The van der Waals surface area contributed by atoms with E-state index < -0.39 is 0 Å². The summed E-state index contributed by atoms with van der Waals surface area (Å²) in [5.41, 5.74) is 1.39. The van der Waals surface area contributed by atoms with Gasteiger partial charge in [-0.3, -0.25) is 9.69 Å². The normalized spacial score (nSPS) is 20.7. The first kappa shape index (κ1) is 22.0. The van der Waals surface area contributed by atoms with Gasteiger partial charge in [0.1, 0.15) is 0 Å². The van der Waals surface area contributed by atoms with Crippen LogP contribution in [0.3, 0.4) is 0 Å². The molecule has 1 atom stereocenters. The van der Waals surface area contributed by atoms with Crippen LogP contribution in [0.25, 0.3) is 0 Å². The van der Waals surface area contributed by atoms with Crippen molar-refractivity contribution in [2.75, 3.05) is 46.4 Å². The van der Waals surface area contributed by atoms with Crippen molar-refractivity contribution in [3.05, 3.63) is 34.3 Å². The van der Waals surface area contributed by atoms with Gasteiger partial charge in [0.15, 0.2) is 0 Å². The molecule has 0 spiro atoms.